The number of rotatable bonds is 4. The molecule has 5 nitrogen and oxygen atoms in total. The number of carbonyl (C=O) groups is 2. The van der Waals surface area contributed by atoms with Crippen molar-refractivity contribution >= 4 is 52.5 Å². The second-order valence-electron chi connectivity index (χ2n) is 5.34. The molecule has 1 unspecified atom stereocenters. The minimum atomic E-state index is -0.876. The van der Waals surface area contributed by atoms with Gasteiger partial charge in [0.05, 0.1) is 23.0 Å². The Morgan fingerprint density at radius 1 is 1.24 bits per heavy atom. The first-order valence-electron chi connectivity index (χ1n) is 7.39. The van der Waals surface area contributed by atoms with Crippen LogP contribution in [0.25, 0.3) is 0 Å². The lowest BCUT2D eigenvalue weighted by molar-refractivity contribution is -0.125. The van der Waals surface area contributed by atoms with E-state index in [0.29, 0.717) is 21.5 Å². The van der Waals surface area contributed by atoms with Crippen molar-refractivity contribution < 1.29 is 14.3 Å². The zero-order valence-corrected chi connectivity index (χ0v) is 15.3. The second-order valence-corrected chi connectivity index (χ2v) is 7.21. The second kappa shape index (κ2) is 7.56. The molecule has 3 rings (SSSR count). The maximum atomic E-state index is 12.7. The molecule has 0 bridgehead atoms. The fourth-order valence-electron chi connectivity index (χ4n) is 2.42. The first kappa shape index (κ1) is 17.9. The third kappa shape index (κ3) is 4.03. The molecular formula is C17H14Cl2N2O3S. The van der Waals surface area contributed by atoms with Crippen molar-refractivity contribution in [2.45, 2.75) is 11.0 Å². The summed E-state index contributed by atoms with van der Waals surface area (Å²) in [5.74, 6) is -0.197. The number of halogens is 2. The zero-order valence-electron chi connectivity index (χ0n) is 12.9. The first-order chi connectivity index (χ1) is 12.0. The smallest absolute Gasteiger partial charge is 0.260 e. The third-order valence-corrected chi connectivity index (χ3v) is 5.35. The Morgan fingerprint density at radius 2 is 2.00 bits per heavy atom. The Kier molecular flexibility index (Phi) is 5.42. The number of thioether (sulfide) groups is 1. The van der Waals surface area contributed by atoms with E-state index in [4.69, 9.17) is 33.7 Å². The SMILES string of the molecule is NC(=O)C1CN(C(=O)CSc2cc(Cl)ccc2Cl)c2ccccc2O1. The van der Waals surface area contributed by atoms with Gasteiger partial charge in [-0.15, -0.1) is 11.8 Å². The number of carbonyl (C=O) groups excluding carboxylic acids is 2. The lowest BCUT2D eigenvalue weighted by atomic mass is 10.2. The van der Waals surface area contributed by atoms with Crippen LogP contribution in [0.15, 0.2) is 47.4 Å². The molecule has 0 spiro atoms. The molecular weight excluding hydrogens is 383 g/mol. The molecule has 1 atom stereocenters. The molecule has 0 aromatic heterocycles. The monoisotopic (exact) mass is 396 g/mol. The number of anilines is 1. The van der Waals surface area contributed by atoms with E-state index in [1.807, 2.05) is 0 Å². The summed E-state index contributed by atoms with van der Waals surface area (Å²) < 4.78 is 5.56. The molecule has 0 radical (unpaired) electrons. The maximum absolute atomic E-state index is 12.7. The number of benzene rings is 2. The van der Waals surface area contributed by atoms with E-state index in [9.17, 15) is 9.59 Å². The highest BCUT2D eigenvalue weighted by atomic mass is 35.5. The number of primary amides is 1. The van der Waals surface area contributed by atoms with Crippen LogP contribution < -0.4 is 15.4 Å². The van der Waals surface area contributed by atoms with Gasteiger partial charge in [-0.05, 0) is 30.3 Å². The van der Waals surface area contributed by atoms with Gasteiger partial charge in [0, 0.05) is 9.92 Å². The number of nitrogens with zero attached hydrogens (tertiary/aromatic N) is 1. The van der Waals surface area contributed by atoms with Crippen molar-refractivity contribution in [1.82, 2.24) is 0 Å². The Morgan fingerprint density at radius 3 is 2.76 bits per heavy atom. The van der Waals surface area contributed by atoms with Crippen molar-refractivity contribution in [3.8, 4) is 5.75 Å². The predicted molar refractivity (Wildman–Crippen MR) is 99.6 cm³/mol. The lowest BCUT2D eigenvalue weighted by Crippen LogP contribution is -2.49. The van der Waals surface area contributed by atoms with Crippen molar-refractivity contribution in [2.75, 3.05) is 17.2 Å². The average Bonchev–Trinajstić information content (AvgIpc) is 2.61. The van der Waals surface area contributed by atoms with E-state index < -0.39 is 12.0 Å². The van der Waals surface area contributed by atoms with Gasteiger partial charge in [0.15, 0.2) is 6.10 Å². The van der Waals surface area contributed by atoms with E-state index >= 15 is 0 Å². The summed E-state index contributed by atoms with van der Waals surface area (Å²) in [6.07, 6.45) is -0.876. The largest absolute Gasteiger partial charge is 0.477 e. The number of ether oxygens (including phenoxy) is 1. The minimum absolute atomic E-state index is 0.0784. The van der Waals surface area contributed by atoms with Gasteiger partial charge < -0.3 is 15.4 Å². The van der Waals surface area contributed by atoms with E-state index in [1.54, 1.807) is 42.5 Å². The van der Waals surface area contributed by atoms with Crippen LogP contribution in [-0.2, 0) is 9.59 Å². The first-order valence-corrected chi connectivity index (χ1v) is 9.13. The molecule has 2 aromatic carbocycles. The number of amides is 2. The van der Waals surface area contributed by atoms with Crippen molar-refractivity contribution in [2.24, 2.45) is 5.73 Å². The van der Waals surface area contributed by atoms with Crippen LogP contribution in [0, 0.1) is 0 Å². The molecule has 0 fully saturated rings. The van der Waals surface area contributed by atoms with Gasteiger partial charge in [0.25, 0.3) is 5.91 Å². The summed E-state index contributed by atoms with van der Waals surface area (Å²) in [6.45, 7) is 0.0784. The quantitative estimate of drug-likeness (QED) is 0.803. The summed E-state index contributed by atoms with van der Waals surface area (Å²) in [6, 6.07) is 12.1. The molecule has 25 heavy (non-hydrogen) atoms. The highest BCUT2D eigenvalue weighted by Crippen LogP contribution is 2.35. The predicted octanol–water partition coefficient (Wildman–Crippen LogP) is 3.37. The summed E-state index contributed by atoms with van der Waals surface area (Å²) >= 11 is 13.4. The van der Waals surface area contributed by atoms with Gasteiger partial charge in [0.1, 0.15) is 5.75 Å². The van der Waals surface area contributed by atoms with Gasteiger partial charge in [-0.25, -0.2) is 0 Å². The van der Waals surface area contributed by atoms with Crippen LogP contribution in [0.1, 0.15) is 0 Å². The van der Waals surface area contributed by atoms with Crippen LogP contribution in [0.2, 0.25) is 10.0 Å². The van der Waals surface area contributed by atoms with Crippen LogP contribution in [0.4, 0.5) is 5.69 Å². The van der Waals surface area contributed by atoms with Crippen molar-refractivity contribution in [3.63, 3.8) is 0 Å². The Hall–Kier alpha value is -1.89. The van der Waals surface area contributed by atoms with Crippen LogP contribution in [0.5, 0.6) is 5.75 Å². The van der Waals surface area contributed by atoms with E-state index in [-0.39, 0.29) is 18.2 Å². The summed E-state index contributed by atoms with van der Waals surface area (Å²) in [4.78, 5) is 26.5. The van der Waals surface area contributed by atoms with Crippen LogP contribution >= 0.6 is 35.0 Å². The number of para-hydroxylation sites is 2. The lowest BCUT2D eigenvalue weighted by Gasteiger charge is -2.33. The molecule has 8 heteroatoms. The van der Waals surface area contributed by atoms with Crippen LogP contribution in [-0.4, -0.2) is 30.2 Å². The number of hydrogen-bond acceptors (Lipinski definition) is 4. The maximum Gasteiger partial charge on any atom is 0.260 e. The van der Waals surface area contributed by atoms with Gasteiger partial charge in [-0.2, -0.15) is 0 Å². The molecule has 0 saturated carbocycles. The Labute approximate surface area is 159 Å². The Bertz CT molecular complexity index is 831. The fourth-order valence-corrected chi connectivity index (χ4v) is 3.79. The summed E-state index contributed by atoms with van der Waals surface area (Å²) in [5.41, 5.74) is 5.96. The molecule has 0 aliphatic carbocycles. The summed E-state index contributed by atoms with van der Waals surface area (Å²) in [7, 11) is 0. The highest BCUT2D eigenvalue weighted by Gasteiger charge is 2.32. The standard InChI is InChI=1S/C17H14Cl2N2O3S/c18-10-5-6-11(19)15(7-10)25-9-16(22)21-8-14(17(20)23)24-13-4-2-1-3-12(13)21/h1-7,14H,8-9H2,(H2,20,23). The fraction of sp³-hybridized carbons (Fsp3) is 0.176. The molecule has 2 aromatic rings. The molecule has 1 aliphatic rings. The third-order valence-electron chi connectivity index (χ3n) is 3.64. The van der Waals surface area contributed by atoms with Gasteiger partial charge in [0.2, 0.25) is 5.91 Å². The number of fused-ring (bicyclic) bond motifs is 1. The van der Waals surface area contributed by atoms with E-state index in [2.05, 4.69) is 0 Å². The molecule has 1 aliphatic heterocycles. The molecule has 130 valence electrons. The van der Waals surface area contributed by atoms with Crippen molar-refractivity contribution in [1.29, 1.82) is 0 Å². The van der Waals surface area contributed by atoms with Gasteiger partial charge >= 0.3 is 0 Å². The highest BCUT2D eigenvalue weighted by molar-refractivity contribution is 8.00. The topological polar surface area (TPSA) is 72.6 Å². The molecule has 1 heterocycles. The average molecular weight is 397 g/mol. The van der Waals surface area contributed by atoms with Crippen LogP contribution in [0.3, 0.4) is 0 Å². The molecule has 2 N–H and O–H groups in total. The minimum Gasteiger partial charge on any atom is -0.477 e. The molecule has 2 amide bonds. The zero-order chi connectivity index (χ0) is 18.0. The van der Waals surface area contributed by atoms with Crippen molar-refractivity contribution in [3.05, 3.63) is 52.5 Å². The van der Waals surface area contributed by atoms with Gasteiger partial charge in [-0.3, -0.25) is 9.59 Å². The Balaban J connectivity index is 1.78. The number of hydrogen-bond donors (Lipinski definition) is 1. The van der Waals surface area contributed by atoms with E-state index in [1.165, 1.54) is 16.7 Å². The van der Waals surface area contributed by atoms with E-state index in [0.717, 1.165) is 4.90 Å². The normalized spacial score (nSPS) is 16.1. The molecule has 0 saturated heterocycles. The van der Waals surface area contributed by atoms with Gasteiger partial charge in [-0.1, -0.05) is 35.3 Å². The number of nitrogens with two attached hydrogens (primary N) is 1. The summed E-state index contributed by atoms with van der Waals surface area (Å²) in [5, 5.41) is 1.07.